The third-order valence-corrected chi connectivity index (χ3v) is 4.54. The SMILES string of the molecule is CC(C)(C)c1nsc(NC2CC3CCC(C2)N3)n1. The highest BCUT2D eigenvalue weighted by Gasteiger charge is 2.33. The summed E-state index contributed by atoms with van der Waals surface area (Å²) in [6, 6.07) is 2.01. The van der Waals surface area contributed by atoms with E-state index in [1.165, 1.54) is 37.2 Å². The van der Waals surface area contributed by atoms with E-state index >= 15 is 0 Å². The van der Waals surface area contributed by atoms with Gasteiger partial charge in [0.2, 0.25) is 5.13 Å². The summed E-state index contributed by atoms with van der Waals surface area (Å²) in [6.07, 6.45) is 5.13. The molecule has 2 aliphatic heterocycles. The van der Waals surface area contributed by atoms with Gasteiger partial charge in [-0.05, 0) is 25.7 Å². The Morgan fingerprint density at radius 1 is 1.22 bits per heavy atom. The van der Waals surface area contributed by atoms with Crippen molar-refractivity contribution >= 4 is 16.7 Å². The predicted molar refractivity (Wildman–Crippen MR) is 75.2 cm³/mol. The average Bonchev–Trinajstić information content (AvgIpc) is 2.85. The van der Waals surface area contributed by atoms with Crippen molar-refractivity contribution in [1.82, 2.24) is 14.7 Å². The molecule has 2 fully saturated rings. The molecule has 0 amide bonds. The molecule has 100 valence electrons. The monoisotopic (exact) mass is 266 g/mol. The standard InChI is InChI=1S/C13H22N4S/c1-13(2,3)11-16-12(18-17-11)15-10-6-8-4-5-9(7-10)14-8/h8-10,14H,4-7H2,1-3H3,(H,15,16,17). The van der Waals surface area contributed by atoms with Gasteiger partial charge < -0.3 is 10.6 Å². The van der Waals surface area contributed by atoms with Crippen molar-refractivity contribution in [1.29, 1.82) is 0 Å². The smallest absolute Gasteiger partial charge is 0.202 e. The molecule has 2 N–H and O–H groups in total. The highest BCUT2D eigenvalue weighted by atomic mass is 32.1. The maximum absolute atomic E-state index is 4.62. The van der Waals surface area contributed by atoms with E-state index in [0.29, 0.717) is 6.04 Å². The molecule has 2 unspecified atom stereocenters. The van der Waals surface area contributed by atoms with Crippen molar-refractivity contribution in [2.75, 3.05) is 5.32 Å². The summed E-state index contributed by atoms with van der Waals surface area (Å²) < 4.78 is 4.46. The second kappa shape index (κ2) is 4.46. The summed E-state index contributed by atoms with van der Waals surface area (Å²) in [6.45, 7) is 6.47. The Morgan fingerprint density at radius 2 is 1.89 bits per heavy atom. The minimum Gasteiger partial charge on any atom is -0.357 e. The van der Waals surface area contributed by atoms with Crippen molar-refractivity contribution in [3.8, 4) is 0 Å². The first-order chi connectivity index (χ1) is 8.50. The number of rotatable bonds is 2. The normalized spacial score (nSPS) is 31.6. The van der Waals surface area contributed by atoms with Gasteiger partial charge in [-0.15, -0.1) is 0 Å². The molecule has 4 nitrogen and oxygen atoms in total. The molecular formula is C13H22N4S. The van der Waals surface area contributed by atoms with Gasteiger partial charge in [-0.3, -0.25) is 0 Å². The van der Waals surface area contributed by atoms with Crippen LogP contribution in [0.1, 0.15) is 52.3 Å². The van der Waals surface area contributed by atoms with Gasteiger partial charge in [0.15, 0.2) is 0 Å². The number of nitrogens with zero attached hydrogens (tertiary/aromatic N) is 2. The first kappa shape index (κ1) is 12.4. The van der Waals surface area contributed by atoms with Crippen LogP contribution in [-0.2, 0) is 5.41 Å². The Balaban J connectivity index is 1.64. The lowest BCUT2D eigenvalue weighted by molar-refractivity contribution is 0.378. The largest absolute Gasteiger partial charge is 0.357 e. The number of aromatic nitrogens is 2. The summed E-state index contributed by atoms with van der Waals surface area (Å²) in [7, 11) is 0. The molecule has 1 aromatic rings. The summed E-state index contributed by atoms with van der Waals surface area (Å²) in [5.41, 5.74) is 0.0452. The molecule has 1 aromatic heterocycles. The molecule has 2 bridgehead atoms. The molecule has 3 heterocycles. The van der Waals surface area contributed by atoms with E-state index in [-0.39, 0.29) is 5.41 Å². The lowest BCUT2D eigenvalue weighted by Crippen LogP contribution is -2.43. The molecule has 0 spiro atoms. The fraction of sp³-hybridized carbons (Fsp3) is 0.846. The summed E-state index contributed by atoms with van der Waals surface area (Å²) in [5.74, 6) is 0.951. The van der Waals surface area contributed by atoms with Crippen LogP contribution in [0, 0.1) is 0 Å². The maximum Gasteiger partial charge on any atom is 0.202 e. The Morgan fingerprint density at radius 3 is 2.44 bits per heavy atom. The molecule has 2 saturated heterocycles. The fourth-order valence-electron chi connectivity index (χ4n) is 2.94. The third kappa shape index (κ3) is 2.52. The van der Waals surface area contributed by atoms with Crippen LogP contribution in [0.4, 0.5) is 5.13 Å². The van der Waals surface area contributed by atoms with Crippen LogP contribution in [0.2, 0.25) is 0 Å². The topological polar surface area (TPSA) is 49.8 Å². The zero-order valence-corrected chi connectivity index (χ0v) is 12.2. The zero-order chi connectivity index (χ0) is 12.8. The van der Waals surface area contributed by atoms with E-state index in [1.807, 2.05) is 0 Å². The molecule has 5 heteroatoms. The van der Waals surface area contributed by atoms with Crippen molar-refractivity contribution < 1.29 is 0 Å². The van der Waals surface area contributed by atoms with E-state index in [4.69, 9.17) is 0 Å². The quantitative estimate of drug-likeness (QED) is 0.863. The second-order valence-corrected chi connectivity index (χ2v) is 7.38. The van der Waals surface area contributed by atoms with E-state index in [9.17, 15) is 0 Å². The van der Waals surface area contributed by atoms with Crippen LogP contribution in [0.5, 0.6) is 0 Å². The number of hydrogen-bond donors (Lipinski definition) is 2. The molecule has 3 rings (SSSR count). The maximum atomic E-state index is 4.62. The summed E-state index contributed by atoms with van der Waals surface area (Å²) >= 11 is 1.50. The van der Waals surface area contributed by atoms with Gasteiger partial charge in [0, 0.05) is 35.1 Å². The molecule has 2 atom stereocenters. The van der Waals surface area contributed by atoms with E-state index < -0.39 is 0 Å². The van der Waals surface area contributed by atoms with Crippen LogP contribution in [0.15, 0.2) is 0 Å². The minimum absolute atomic E-state index is 0.0452. The van der Waals surface area contributed by atoms with Crippen LogP contribution in [0.25, 0.3) is 0 Å². The molecule has 0 aromatic carbocycles. The van der Waals surface area contributed by atoms with Crippen molar-refractivity contribution in [3.63, 3.8) is 0 Å². The van der Waals surface area contributed by atoms with Crippen LogP contribution < -0.4 is 10.6 Å². The molecule has 2 aliphatic rings. The first-order valence-electron chi connectivity index (χ1n) is 6.87. The Hall–Kier alpha value is -0.680. The number of fused-ring (bicyclic) bond motifs is 2. The van der Waals surface area contributed by atoms with Gasteiger partial charge in [-0.2, -0.15) is 4.37 Å². The zero-order valence-electron chi connectivity index (χ0n) is 11.4. The Kier molecular flexibility index (Phi) is 3.06. The molecule has 0 saturated carbocycles. The van der Waals surface area contributed by atoms with E-state index in [2.05, 4.69) is 40.8 Å². The Bertz CT molecular complexity index is 411. The molecular weight excluding hydrogens is 244 g/mol. The lowest BCUT2D eigenvalue weighted by Gasteiger charge is -2.29. The molecule has 18 heavy (non-hydrogen) atoms. The van der Waals surface area contributed by atoms with Crippen molar-refractivity contribution in [2.24, 2.45) is 0 Å². The van der Waals surface area contributed by atoms with Gasteiger partial charge in [0.05, 0.1) is 0 Å². The molecule has 0 radical (unpaired) electrons. The summed E-state index contributed by atoms with van der Waals surface area (Å²) in [5, 5.41) is 8.23. The number of hydrogen-bond acceptors (Lipinski definition) is 5. The number of anilines is 1. The second-order valence-electron chi connectivity index (χ2n) is 6.62. The van der Waals surface area contributed by atoms with Crippen molar-refractivity contribution in [3.05, 3.63) is 5.82 Å². The third-order valence-electron chi connectivity index (χ3n) is 3.90. The van der Waals surface area contributed by atoms with Gasteiger partial charge in [0.1, 0.15) is 5.82 Å². The predicted octanol–water partition coefficient (Wildman–Crippen LogP) is 2.53. The minimum atomic E-state index is 0.0452. The summed E-state index contributed by atoms with van der Waals surface area (Å²) in [4.78, 5) is 4.62. The highest BCUT2D eigenvalue weighted by molar-refractivity contribution is 7.09. The van der Waals surface area contributed by atoms with Crippen LogP contribution >= 0.6 is 11.5 Å². The van der Waals surface area contributed by atoms with E-state index in [1.54, 1.807) is 0 Å². The van der Waals surface area contributed by atoms with Crippen molar-refractivity contribution in [2.45, 2.75) is 70.0 Å². The van der Waals surface area contributed by atoms with Gasteiger partial charge in [-0.1, -0.05) is 20.8 Å². The fourth-order valence-corrected chi connectivity index (χ4v) is 3.77. The number of piperidine rings is 1. The number of nitrogens with one attached hydrogen (secondary N) is 2. The molecule has 0 aliphatic carbocycles. The Labute approximate surface area is 113 Å². The van der Waals surface area contributed by atoms with Crippen LogP contribution in [-0.4, -0.2) is 27.5 Å². The van der Waals surface area contributed by atoms with Crippen LogP contribution in [0.3, 0.4) is 0 Å². The first-order valence-corrected chi connectivity index (χ1v) is 7.65. The van der Waals surface area contributed by atoms with Gasteiger partial charge >= 0.3 is 0 Å². The van der Waals surface area contributed by atoms with E-state index in [0.717, 1.165) is 23.0 Å². The van der Waals surface area contributed by atoms with Gasteiger partial charge in [0.25, 0.3) is 0 Å². The average molecular weight is 266 g/mol. The lowest BCUT2D eigenvalue weighted by atomic mass is 9.96. The van der Waals surface area contributed by atoms with Gasteiger partial charge in [-0.25, -0.2) is 4.98 Å². The highest BCUT2D eigenvalue weighted by Crippen LogP contribution is 2.30.